The monoisotopic (exact) mass is 576 g/mol. The first kappa shape index (κ1) is 29.0. The molecule has 3 rings (SSSR count). The van der Waals surface area contributed by atoms with Gasteiger partial charge >= 0.3 is 12.7 Å². The van der Waals surface area contributed by atoms with E-state index < -0.39 is 43.1 Å². The van der Waals surface area contributed by atoms with Crippen LogP contribution >= 0.6 is 22.9 Å². The predicted molar refractivity (Wildman–Crippen MR) is 132 cm³/mol. The van der Waals surface area contributed by atoms with Crippen LogP contribution in [0.1, 0.15) is 9.67 Å². The number of alkyl halides is 2. The van der Waals surface area contributed by atoms with Crippen LogP contribution in [0, 0.1) is 0 Å². The zero-order chi connectivity index (χ0) is 27.7. The summed E-state index contributed by atoms with van der Waals surface area (Å²) >= 11 is 6.84. The number of hydrogen-bond acceptors (Lipinski definition) is 9. The highest BCUT2D eigenvalue weighted by Crippen LogP contribution is 2.33. The molecule has 0 radical (unpaired) electrons. The van der Waals surface area contributed by atoms with E-state index in [1.54, 1.807) is 0 Å². The van der Waals surface area contributed by atoms with E-state index in [-0.39, 0.29) is 54.9 Å². The summed E-state index contributed by atoms with van der Waals surface area (Å²) in [6.07, 6.45) is -1.05. The van der Waals surface area contributed by atoms with Crippen LogP contribution in [0.3, 0.4) is 0 Å². The van der Waals surface area contributed by atoms with Gasteiger partial charge in [-0.1, -0.05) is 11.6 Å². The van der Waals surface area contributed by atoms with Gasteiger partial charge in [0.1, 0.15) is 19.3 Å². The summed E-state index contributed by atoms with van der Waals surface area (Å²) in [7, 11) is 0. The number of hydrogen-bond donors (Lipinski definition) is 4. The molecule has 0 spiro atoms. The molecule has 4 amide bonds. The summed E-state index contributed by atoms with van der Waals surface area (Å²) in [5.41, 5.74) is 0.0581. The lowest BCUT2D eigenvalue weighted by molar-refractivity contribution is -0.125. The number of nitrogens with zero attached hydrogens (tertiary/aromatic N) is 1. The number of aliphatic hydroxyl groups is 1. The maximum Gasteiger partial charge on any atom is 0.407 e. The van der Waals surface area contributed by atoms with Crippen LogP contribution in [-0.2, 0) is 19.1 Å². The molecule has 206 valence electrons. The summed E-state index contributed by atoms with van der Waals surface area (Å²) < 4.78 is 40.9. The third-order valence-electron chi connectivity index (χ3n) is 4.92. The Hall–Kier alpha value is -3.53. The number of alkyl carbamates (subject to hydrolysis) is 1. The van der Waals surface area contributed by atoms with Crippen molar-refractivity contribution in [2.45, 2.75) is 12.7 Å². The molecule has 16 heteroatoms. The zero-order valence-electron chi connectivity index (χ0n) is 19.6. The molecule has 12 nitrogen and oxygen atoms in total. The van der Waals surface area contributed by atoms with Crippen molar-refractivity contribution in [1.82, 2.24) is 10.6 Å². The molecule has 38 heavy (non-hydrogen) atoms. The van der Waals surface area contributed by atoms with E-state index in [0.29, 0.717) is 4.34 Å². The molecule has 4 N–H and O–H groups in total. The van der Waals surface area contributed by atoms with Gasteiger partial charge in [0.2, 0.25) is 5.91 Å². The number of aliphatic hydroxyl groups excluding tert-OH is 1. The third kappa shape index (κ3) is 8.24. The van der Waals surface area contributed by atoms with Gasteiger partial charge in [-0.15, -0.1) is 11.3 Å². The number of amides is 4. The molecule has 0 saturated carbocycles. The Bertz CT molecular complexity index is 1170. The highest BCUT2D eigenvalue weighted by atomic mass is 35.5. The van der Waals surface area contributed by atoms with Crippen LogP contribution < -0.4 is 25.6 Å². The fourth-order valence-corrected chi connectivity index (χ4v) is 4.22. The van der Waals surface area contributed by atoms with Crippen molar-refractivity contribution in [3.8, 4) is 5.75 Å². The third-order valence-corrected chi connectivity index (χ3v) is 6.15. The zero-order valence-corrected chi connectivity index (χ0v) is 21.2. The molecule has 1 saturated heterocycles. The Kier molecular flexibility index (Phi) is 10.6. The molecule has 0 bridgehead atoms. The number of carbonyl (C=O) groups excluding carboxylic acids is 4. The van der Waals surface area contributed by atoms with Crippen LogP contribution in [-0.4, -0.2) is 81.1 Å². The number of halogens is 3. The molecule has 1 fully saturated rings. The molecule has 1 aliphatic heterocycles. The second kappa shape index (κ2) is 13.9. The first-order chi connectivity index (χ1) is 18.2. The minimum Gasteiger partial charge on any atom is -0.447 e. The van der Waals surface area contributed by atoms with Gasteiger partial charge in [-0.2, -0.15) is 8.78 Å². The Labute approximate surface area is 223 Å². The molecular weight excluding hydrogens is 554 g/mol. The van der Waals surface area contributed by atoms with Gasteiger partial charge in [-0.05, 0) is 24.3 Å². The Morgan fingerprint density at radius 2 is 2.03 bits per heavy atom. The Balaban J connectivity index is 1.76. The van der Waals surface area contributed by atoms with Crippen molar-refractivity contribution in [3.63, 3.8) is 0 Å². The number of carbonyl (C=O) groups is 4. The lowest BCUT2D eigenvalue weighted by atomic mass is 10.2. The van der Waals surface area contributed by atoms with Crippen LogP contribution in [0.15, 0.2) is 30.3 Å². The predicted octanol–water partition coefficient (Wildman–Crippen LogP) is 1.82. The second-order valence-corrected chi connectivity index (χ2v) is 9.23. The topological polar surface area (TPSA) is 156 Å². The highest BCUT2D eigenvalue weighted by Gasteiger charge is 2.27. The fourth-order valence-electron chi connectivity index (χ4n) is 3.26. The lowest BCUT2D eigenvalue weighted by Gasteiger charge is -2.28. The first-order valence-electron chi connectivity index (χ1n) is 11.0. The summed E-state index contributed by atoms with van der Waals surface area (Å²) in [5.74, 6) is -2.23. The maximum atomic E-state index is 13.1. The van der Waals surface area contributed by atoms with Gasteiger partial charge in [0.25, 0.3) is 11.8 Å². The number of morpholine rings is 1. The normalized spacial score (nSPS) is 14.1. The smallest absolute Gasteiger partial charge is 0.407 e. The van der Waals surface area contributed by atoms with E-state index in [2.05, 4.69) is 20.7 Å². The lowest BCUT2D eigenvalue weighted by Crippen LogP contribution is -2.50. The molecule has 1 aliphatic rings. The fraction of sp³-hybridized carbons (Fsp3) is 0.364. The summed E-state index contributed by atoms with van der Waals surface area (Å²) in [6, 6.07) is 5.38. The van der Waals surface area contributed by atoms with E-state index in [4.69, 9.17) is 26.2 Å². The number of benzene rings is 1. The largest absolute Gasteiger partial charge is 0.447 e. The number of rotatable bonds is 11. The quantitative estimate of drug-likeness (QED) is 0.316. The van der Waals surface area contributed by atoms with Crippen molar-refractivity contribution in [2.24, 2.45) is 0 Å². The minimum absolute atomic E-state index is 0.00185. The molecule has 1 aromatic heterocycles. The Morgan fingerprint density at radius 3 is 2.68 bits per heavy atom. The summed E-state index contributed by atoms with van der Waals surface area (Å²) in [4.78, 5) is 51.0. The van der Waals surface area contributed by atoms with E-state index in [1.807, 2.05) is 0 Å². The van der Waals surface area contributed by atoms with Gasteiger partial charge in [0.15, 0.2) is 5.75 Å². The van der Waals surface area contributed by atoms with Gasteiger partial charge in [-0.25, -0.2) is 4.79 Å². The standard InChI is InChI=1S/C22H23ClF2N4O8S/c23-17-4-3-16(38-17)20(33)26-10-13(28-22(34)36-8-6-30)19(32)27-12-1-2-14(15(9-12)37-21(24)25)29-5-7-35-11-18(29)31/h1-4,9,13,21,30H,5-8,10-11H2,(H,26,33)(H,27,32)(H,28,34)/t13-/m0/s1. The number of anilines is 2. The maximum absolute atomic E-state index is 13.1. The first-order valence-corrected chi connectivity index (χ1v) is 12.2. The van der Waals surface area contributed by atoms with Crippen molar-refractivity contribution in [2.75, 3.05) is 49.7 Å². The molecular formula is C22H23ClF2N4O8S. The van der Waals surface area contributed by atoms with Gasteiger partial charge in [0, 0.05) is 24.8 Å². The van der Waals surface area contributed by atoms with Crippen LogP contribution in [0.25, 0.3) is 0 Å². The van der Waals surface area contributed by atoms with Crippen LogP contribution in [0.2, 0.25) is 4.34 Å². The van der Waals surface area contributed by atoms with E-state index in [1.165, 1.54) is 29.2 Å². The average Bonchev–Trinajstić information content (AvgIpc) is 3.31. The molecule has 0 aliphatic carbocycles. The van der Waals surface area contributed by atoms with Gasteiger partial charge in [-0.3, -0.25) is 14.4 Å². The van der Waals surface area contributed by atoms with Gasteiger partial charge < -0.3 is 40.2 Å². The number of nitrogens with one attached hydrogen (secondary N) is 3. The Morgan fingerprint density at radius 1 is 1.24 bits per heavy atom. The van der Waals surface area contributed by atoms with Crippen molar-refractivity contribution < 1.29 is 47.3 Å². The summed E-state index contributed by atoms with van der Waals surface area (Å²) in [5, 5.41) is 16.0. The molecule has 1 aromatic carbocycles. The van der Waals surface area contributed by atoms with Crippen molar-refractivity contribution in [1.29, 1.82) is 0 Å². The van der Waals surface area contributed by atoms with E-state index in [0.717, 1.165) is 17.4 Å². The molecule has 1 atom stereocenters. The molecule has 2 aromatic rings. The average molecular weight is 577 g/mol. The molecule has 2 heterocycles. The van der Waals surface area contributed by atoms with E-state index in [9.17, 15) is 28.0 Å². The SMILES string of the molecule is O=C(N[C@@H](CNC(=O)c1ccc(Cl)s1)C(=O)Nc1ccc(N2CCOCC2=O)c(OC(F)F)c1)OCCO. The highest BCUT2D eigenvalue weighted by molar-refractivity contribution is 7.18. The van der Waals surface area contributed by atoms with Gasteiger partial charge in [0.05, 0.1) is 28.1 Å². The minimum atomic E-state index is -3.22. The van der Waals surface area contributed by atoms with Crippen LogP contribution in [0.5, 0.6) is 5.75 Å². The second-order valence-electron chi connectivity index (χ2n) is 7.52. The molecule has 0 unspecified atom stereocenters. The van der Waals surface area contributed by atoms with Crippen LogP contribution in [0.4, 0.5) is 25.0 Å². The van der Waals surface area contributed by atoms with Crippen molar-refractivity contribution >= 4 is 58.1 Å². The number of ether oxygens (including phenoxy) is 3. The number of thiophene rings is 1. The summed E-state index contributed by atoms with van der Waals surface area (Å²) in [6.45, 7) is -4.30. The van der Waals surface area contributed by atoms with Crippen molar-refractivity contribution in [3.05, 3.63) is 39.5 Å². The van der Waals surface area contributed by atoms with E-state index >= 15 is 0 Å².